The summed E-state index contributed by atoms with van der Waals surface area (Å²) in [5, 5.41) is 5.78. The fraction of sp³-hybridized carbons (Fsp3) is 0.769. The predicted molar refractivity (Wildman–Crippen MR) is 71.0 cm³/mol. The van der Waals surface area contributed by atoms with Gasteiger partial charge in [0.15, 0.2) is 0 Å². The highest BCUT2D eigenvalue weighted by molar-refractivity contribution is 9.09. The van der Waals surface area contributed by atoms with Crippen LogP contribution in [0.3, 0.4) is 0 Å². The van der Waals surface area contributed by atoms with E-state index in [1.165, 1.54) is 31.4 Å². The molecule has 90 valence electrons. The first kappa shape index (κ1) is 12.2. The van der Waals surface area contributed by atoms with Crippen LogP contribution in [0.5, 0.6) is 0 Å². The summed E-state index contributed by atoms with van der Waals surface area (Å²) in [7, 11) is 0. The molecule has 0 saturated heterocycles. The van der Waals surface area contributed by atoms with Gasteiger partial charge in [0.25, 0.3) is 0 Å². The van der Waals surface area contributed by atoms with Crippen molar-refractivity contribution in [1.82, 2.24) is 9.78 Å². The Morgan fingerprint density at radius 3 is 2.62 bits per heavy atom. The van der Waals surface area contributed by atoms with Gasteiger partial charge in [-0.05, 0) is 44.6 Å². The SMILES string of the molecule is CC(C)n1ccc(CC2(CBr)CCCC2)n1. The van der Waals surface area contributed by atoms with Crippen LogP contribution in [0.25, 0.3) is 0 Å². The number of rotatable bonds is 4. The highest BCUT2D eigenvalue weighted by Crippen LogP contribution is 2.42. The topological polar surface area (TPSA) is 17.8 Å². The molecule has 0 aromatic carbocycles. The number of nitrogens with zero attached hydrogens (tertiary/aromatic N) is 2. The Morgan fingerprint density at radius 2 is 2.12 bits per heavy atom. The van der Waals surface area contributed by atoms with Crippen molar-refractivity contribution in [3.05, 3.63) is 18.0 Å². The molecule has 1 aromatic heterocycles. The van der Waals surface area contributed by atoms with E-state index >= 15 is 0 Å². The van der Waals surface area contributed by atoms with Crippen LogP contribution in [0.4, 0.5) is 0 Å². The van der Waals surface area contributed by atoms with Crippen LogP contribution >= 0.6 is 15.9 Å². The van der Waals surface area contributed by atoms with Crippen molar-refractivity contribution >= 4 is 15.9 Å². The van der Waals surface area contributed by atoms with Crippen LogP contribution < -0.4 is 0 Å². The molecule has 2 nitrogen and oxygen atoms in total. The summed E-state index contributed by atoms with van der Waals surface area (Å²) in [4.78, 5) is 0. The van der Waals surface area contributed by atoms with Gasteiger partial charge in [-0.1, -0.05) is 28.8 Å². The molecule has 0 bridgehead atoms. The molecular weight excluding hydrogens is 264 g/mol. The van der Waals surface area contributed by atoms with E-state index in [1.807, 2.05) is 0 Å². The molecule has 1 aliphatic carbocycles. The summed E-state index contributed by atoms with van der Waals surface area (Å²) >= 11 is 3.69. The van der Waals surface area contributed by atoms with E-state index in [-0.39, 0.29) is 0 Å². The van der Waals surface area contributed by atoms with Crippen molar-refractivity contribution in [2.45, 2.75) is 52.0 Å². The van der Waals surface area contributed by atoms with Crippen molar-refractivity contribution in [2.75, 3.05) is 5.33 Å². The fourth-order valence-electron chi connectivity index (χ4n) is 2.63. The first-order valence-electron chi connectivity index (χ1n) is 6.25. The summed E-state index contributed by atoms with van der Waals surface area (Å²) in [6.07, 6.45) is 8.72. The van der Waals surface area contributed by atoms with Crippen molar-refractivity contribution in [3.63, 3.8) is 0 Å². The van der Waals surface area contributed by atoms with E-state index < -0.39 is 0 Å². The largest absolute Gasteiger partial charge is 0.270 e. The Hall–Kier alpha value is -0.310. The van der Waals surface area contributed by atoms with Crippen LogP contribution in [0, 0.1) is 5.41 Å². The lowest BCUT2D eigenvalue weighted by Gasteiger charge is -2.25. The maximum Gasteiger partial charge on any atom is 0.0630 e. The standard InChI is InChI=1S/C13H21BrN2/c1-11(2)16-8-5-12(15-16)9-13(10-14)6-3-4-7-13/h5,8,11H,3-4,6-7,9-10H2,1-2H3. The van der Waals surface area contributed by atoms with E-state index in [0.717, 1.165) is 11.8 Å². The number of hydrogen-bond acceptors (Lipinski definition) is 1. The van der Waals surface area contributed by atoms with Crippen LogP contribution in [0.15, 0.2) is 12.3 Å². The minimum absolute atomic E-state index is 0.470. The molecule has 0 unspecified atom stereocenters. The average molecular weight is 285 g/mol. The molecule has 0 spiro atoms. The Balaban J connectivity index is 2.07. The van der Waals surface area contributed by atoms with Crippen LogP contribution in [0.1, 0.15) is 51.3 Å². The highest BCUT2D eigenvalue weighted by Gasteiger charge is 2.33. The van der Waals surface area contributed by atoms with Gasteiger partial charge in [0.05, 0.1) is 5.69 Å². The van der Waals surface area contributed by atoms with E-state index in [2.05, 4.69) is 51.8 Å². The van der Waals surface area contributed by atoms with E-state index in [9.17, 15) is 0 Å². The van der Waals surface area contributed by atoms with Gasteiger partial charge in [0.1, 0.15) is 0 Å². The van der Waals surface area contributed by atoms with E-state index in [1.54, 1.807) is 0 Å². The summed E-state index contributed by atoms with van der Waals surface area (Å²) in [5.74, 6) is 0. The van der Waals surface area contributed by atoms with Gasteiger partial charge in [0.2, 0.25) is 0 Å². The van der Waals surface area contributed by atoms with Crippen LogP contribution in [0.2, 0.25) is 0 Å². The van der Waals surface area contributed by atoms with E-state index in [0.29, 0.717) is 11.5 Å². The van der Waals surface area contributed by atoms with Gasteiger partial charge in [0, 0.05) is 17.6 Å². The third-order valence-corrected chi connectivity index (χ3v) is 4.89. The van der Waals surface area contributed by atoms with Gasteiger partial charge in [-0.15, -0.1) is 0 Å². The van der Waals surface area contributed by atoms with Crippen molar-refractivity contribution in [1.29, 1.82) is 0 Å². The average Bonchev–Trinajstić information content (AvgIpc) is 2.88. The second-order valence-corrected chi connectivity index (χ2v) is 5.96. The zero-order valence-corrected chi connectivity index (χ0v) is 11.8. The zero-order chi connectivity index (χ0) is 11.6. The van der Waals surface area contributed by atoms with Crippen molar-refractivity contribution < 1.29 is 0 Å². The van der Waals surface area contributed by atoms with Gasteiger partial charge >= 0.3 is 0 Å². The van der Waals surface area contributed by atoms with Crippen molar-refractivity contribution in [2.24, 2.45) is 5.41 Å². The van der Waals surface area contributed by atoms with Crippen molar-refractivity contribution in [3.8, 4) is 0 Å². The molecule has 2 rings (SSSR count). The number of halogens is 1. The molecule has 0 aliphatic heterocycles. The van der Waals surface area contributed by atoms with E-state index in [4.69, 9.17) is 0 Å². The van der Waals surface area contributed by atoms with Gasteiger partial charge in [-0.2, -0.15) is 5.10 Å². The number of alkyl halides is 1. The summed E-state index contributed by atoms with van der Waals surface area (Å²) in [6.45, 7) is 4.35. The molecule has 1 aromatic rings. The monoisotopic (exact) mass is 284 g/mol. The minimum Gasteiger partial charge on any atom is -0.270 e. The number of hydrogen-bond donors (Lipinski definition) is 0. The first-order chi connectivity index (χ1) is 7.65. The molecule has 16 heavy (non-hydrogen) atoms. The third kappa shape index (κ3) is 2.50. The molecule has 0 amide bonds. The Morgan fingerprint density at radius 1 is 1.44 bits per heavy atom. The predicted octanol–water partition coefficient (Wildman–Crippen LogP) is 3.96. The molecule has 0 atom stereocenters. The highest BCUT2D eigenvalue weighted by atomic mass is 79.9. The summed E-state index contributed by atoms with van der Waals surface area (Å²) in [5.41, 5.74) is 1.74. The summed E-state index contributed by atoms with van der Waals surface area (Å²) < 4.78 is 2.06. The number of aromatic nitrogens is 2. The Labute approximate surface area is 107 Å². The van der Waals surface area contributed by atoms with Gasteiger partial charge in [-0.25, -0.2) is 0 Å². The quantitative estimate of drug-likeness (QED) is 0.766. The summed E-state index contributed by atoms with van der Waals surface area (Å²) in [6, 6.07) is 2.65. The lowest BCUT2D eigenvalue weighted by molar-refractivity contribution is 0.340. The van der Waals surface area contributed by atoms with Gasteiger partial charge < -0.3 is 0 Å². The first-order valence-corrected chi connectivity index (χ1v) is 7.37. The van der Waals surface area contributed by atoms with Crippen LogP contribution in [-0.4, -0.2) is 15.1 Å². The smallest absolute Gasteiger partial charge is 0.0630 e. The molecule has 1 fully saturated rings. The zero-order valence-electron chi connectivity index (χ0n) is 10.2. The minimum atomic E-state index is 0.470. The third-order valence-electron chi connectivity index (χ3n) is 3.70. The normalized spacial score (nSPS) is 19.5. The molecule has 0 radical (unpaired) electrons. The maximum absolute atomic E-state index is 4.66. The second-order valence-electron chi connectivity index (χ2n) is 5.40. The molecule has 1 aliphatic rings. The van der Waals surface area contributed by atoms with Crippen LogP contribution in [-0.2, 0) is 6.42 Å². The molecule has 0 N–H and O–H groups in total. The maximum atomic E-state index is 4.66. The Kier molecular flexibility index (Phi) is 3.73. The second kappa shape index (κ2) is 4.91. The Bertz CT molecular complexity index is 337. The van der Waals surface area contributed by atoms with Gasteiger partial charge in [-0.3, -0.25) is 4.68 Å². The molecule has 1 heterocycles. The fourth-order valence-corrected chi connectivity index (χ4v) is 3.39. The lowest BCUT2D eigenvalue weighted by atomic mass is 9.84. The molecule has 3 heteroatoms. The lowest BCUT2D eigenvalue weighted by Crippen LogP contribution is -2.21. The molecule has 1 saturated carbocycles. The molecular formula is C13H21BrN2.